The highest BCUT2D eigenvalue weighted by molar-refractivity contribution is 7.90. The number of aromatic hydroxyl groups is 1. The van der Waals surface area contributed by atoms with Crippen LogP contribution in [0.3, 0.4) is 0 Å². The van der Waals surface area contributed by atoms with Gasteiger partial charge < -0.3 is 29.2 Å². The van der Waals surface area contributed by atoms with Gasteiger partial charge in [0.05, 0.1) is 29.8 Å². The lowest BCUT2D eigenvalue weighted by atomic mass is 9.99. The van der Waals surface area contributed by atoms with Gasteiger partial charge in [-0.2, -0.15) is 0 Å². The first-order valence-electron chi connectivity index (χ1n) is 15.7. The number of ether oxygens (including phenoxy) is 4. The fourth-order valence-electron chi connectivity index (χ4n) is 5.20. The molecular weight excluding hydrogens is 632 g/mol. The standard InChI is InChI=1S/C38H38O9S/c1-3-30(5-4-22-44-31-12-6-27(7-13-31)38(40)41)45-23-24-46-32-14-16-33(17-15-32)47-37-35(20-10-28-25-29(39)11-21-36(28)37)26-8-18-34(19-9-26)48(2,42)43/h6-21,25,30,39H,3-5,22-24H2,1-2H3,(H,40,41). The molecule has 0 heterocycles. The molecule has 5 aromatic rings. The van der Waals surface area contributed by atoms with Crippen LogP contribution in [-0.4, -0.2) is 56.8 Å². The summed E-state index contributed by atoms with van der Waals surface area (Å²) >= 11 is 0. The number of sulfone groups is 1. The maximum absolute atomic E-state index is 12.0. The molecule has 0 spiro atoms. The van der Waals surface area contributed by atoms with Crippen LogP contribution < -0.4 is 14.2 Å². The van der Waals surface area contributed by atoms with E-state index in [0.29, 0.717) is 42.8 Å². The fraction of sp³-hybridized carbons (Fsp3) is 0.237. The van der Waals surface area contributed by atoms with Crippen LogP contribution in [0.25, 0.3) is 21.9 Å². The first-order chi connectivity index (χ1) is 23.1. The van der Waals surface area contributed by atoms with Gasteiger partial charge in [0.1, 0.15) is 35.4 Å². The molecule has 1 atom stereocenters. The summed E-state index contributed by atoms with van der Waals surface area (Å²) in [5.74, 6) is 1.64. The van der Waals surface area contributed by atoms with Crippen molar-refractivity contribution in [2.45, 2.75) is 37.2 Å². The van der Waals surface area contributed by atoms with Crippen LogP contribution in [0.5, 0.6) is 28.7 Å². The number of benzene rings is 5. The maximum atomic E-state index is 12.0. The van der Waals surface area contributed by atoms with Crippen molar-refractivity contribution >= 4 is 26.6 Å². The highest BCUT2D eigenvalue weighted by Crippen LogP contribution is 2.41. The van der Waals surface area contributed by atoms with Crippen LogP contribution >= 0.6 is 0 Å². The van der Waals surface area contributed by atoms with Gasteiger partial charge in [0, 0.05) is 17.2 Å². The molecule has 0 fully saturated rings. The quantitative estimate of drug-likeness (QED) is 0.1000. The molecule has 0 aromatic heterocycles. The number of phenolic OH excluding ortho intramolecular Hbond substituents is 1. The third-order valence-electron chi connectivity index (χ3n) is 7.79. The first kappa shape index (κ1) is 34.3. The molecule has 9 nitrogen and oxygen atoms in total. The van der Waals surface area contributed by atoms with Crippen molar-refractivity contribution in [3.63, 3.8) is 0 Å². The highest BCUT2D eigenvalue weighted by atomic mass is 32.2. The Morgan fingerprint density at radius 3 is 2.06 bits per heavy atom. The van der Waals surface area contributed by atoms with Gasteiger partial charge in [-0.3, -0.25) is 0 Å². The summed E-state index contributed by atoms with van der Waals surface area (Å²) in [6.45, 7) is 3.39. The number of carbonyl (C=O) groups is 1. The van der Waals surface area contributed by atoms with Crippen molar-refractivity contribution in [2.24, 2.45) is 0 Å². The van der Waals surface area contributed by atoms with Crippen LogP contribution in [0.15, 0.2) is 108 Å². The van der Waals surface area contributed by atoms with Gasteiger partial charge in [-0.15, -0.1) is 0 Å². The van der Waals surface area contributed by atoms with E-state index in [1.54, 1.807) is 54.6 Å². The van der Waals surface area contributed by atoms with E-state index in [-0.39, 0.29) is 22.3 Å². The van der Waals surface area contributed by atoms with E-state index >= 15 is 0 Å². The predicted molar refractivity (Wildman–Crippen MR) is 184 cm³/mol. The first-order valence-corrected chi connectivity index (χ1v) is 17.5. The smallest absolute Gasteiger partial charge is 0.335 e. The Labute approximate surface area is 280 Å². The van der Waals surface area contributed by atoms with E-state index in [4.69, 9.17) is 24.1 Å². The molecule has 0 aliphatic rings. The van der Waals surface area contributed by atoms with Gasteiger partial charge in [-0.25, -0.2) is 13.2 Å². The number of hydrogen-bond donors (Lipinski definition) is 2. The molecule has 0 saturated carbocycles. The summed E-state index contributed by atoms with van der Waals surface area (Å²) in [4.78, 5) is 11.2. The molecular formula is C38H38O9S. The zero-order valence-electron chi connectivity index (χ0n) is 26.8. The lowest BCUT2D eigenvalue weighted by Gasteiger charge is -2.17. The van der Waals surface area contributed by atoms with E-state index in [2.05, 4.69) is 6.92 Å². The lowest BCUT2D eigenvalue weighted by molar-refractivity contribution is 0.0238. The molecule has 10 heteroatoms. The Balaban J connectivity index is 1.15. The Hall–Kier alpha value is -5.06. The third-order valence-corrected chi connectivity index (χ3v) is 8.92. The molecule has 5 rings (SSSR count). The second kappa shape index (κ2) is 15.7. The Morgan fingerprint density at radius 2 is 1.42 bits per heavy atom. The second-order valence-corrected chi connectivity index (χ2v) is 13.3. The van der Waals surface area contributed by atoms with Crippen molar-refractivity contribution in [1.82, 2.24) is 0 Å². The number of carboxylic acids is 1. The number of hydrogen-bond acceptors (Lipinski definition) is 8. The van der Waals surface area contributed by atoms with E-state index in [9.17, 15) is 18.3 Å². The normalized spacial score (nSPS) is 12.0. The van der Waals surface area contributed by atoms with Gasteiger partial charge in [-0.05, 0) is 115 Å². The van der Waals surface area contributed by atoms with Crippen LogP contribution in [0.4, 0.5) is 0 Å². The summed E-state index contributed by atoms with van der Waals surface area (Å²) in [5.41, 5.74) is 1.79. The van der Waals surface area contributed by atoms with E-state index in [1.807, 2.05) is 36.4 Å². The Bertz CT molecular complexity index is 1940. The number of aromatic carboxylic acids is 1. The van der Waals surface area contributed by atoms with Crippen LogP contribution in [-0.2, 0) is 14.6 Å². The highest BCUT2D eigenvalue weighted by Gasteiger charge is 2.15. The zero-order valence-corrected chi connectivity index (χ0v) is 27.6. The van der Waals surface area contributed by atoms with Gasteiger partial charge in [0.2, 0.25) is 0 Å². The minimum Gasteiger partial charge on any atom is -0.508 e. The maximum Gasteiger partial charge on any atom is 0.335 e. The van der Waals surface area contributed by atoms with Gasteiger partial charge in [0.25, 0.3) is 0 Å². The van der Waals surface area contributed by atoms with Crippen LogP contribution in [0.1, 0.15) is 36.5 Å². The van der Waals surface area contributed by atoms with Crippen molar-refractivity contribution in [3.8, 4) is 39.9 Å². The van der Waals surface area contributed by atoms with Crippen LogP contribution in [0.2, 0.25) is 0 Å². The summed E-state index contributed by atoms with van der Waals surface area (Å²) < 4.78 is 48.0. The third kappa shape index (κ3) is 9.05. The van der Waals surface area contributed by atoms with Crippen LogP contribution in [0, 0.1) is 0 Å². The molecule has 0 aliphatic heterocycles. The van der Waals surface area contributed by atoms with Gasteiger partial charge in [-0.1, -0.05) is 25.1 Å². The average molecular weight is 671 g/mol. The van der Waals surface area contributed by atoms with Gasteiger partial charge >= 0.3 is 5.97 Å². The molecule has 0 radical (unpaired) electrons. The Kier molecular flexibility index (Phi) is 11.2. The molecule has 2 N–H and O–H groups in total. The number of rotatable bonds is 16. The van der Waals surface area contributed by atoms with E-state index in [0.717, 1.165) is 41.2 Å². The minimum atomic E-state index is -3.33. The molecule has 48 heavy (non-hydrogen) atoms. The molecule has 250 valence electrons. The van der Waals surface area contributed by atoms with Crippen molar-refractivity contribution in [3.05, 3.63) is 109 Å². The Morgan fingerprint density at radius 1 is 0.771 bits per heavy atom. The summed E-state index contributed by atoms with van der Waals surface area (Å²) in [6.07, 6.45) is 3.73. The number of phenols is 1. The van der Waals surface area contributed by atoms with Crippen molar-refractivity contribution in [1.29, 1.82) is 0 Å². The topological polar surface area (TPSA) is 129 Å². The molecule has 0 bridgehead atoms. The SMILES string of the molecule is CCC(CCCOc1ccc(C(=O)O)cc1)OCCOc1ccc(Oc2c(-c3ccc(S(C)(=O)=O)cc3)ccc3cc(O)ccc23)cc1. The second-order valence-electron chi connectivity index (χ2n) is 11.3. The lowest BCUT2D eigenvalue weighted by Crippen LogP contribution is -2.17. The van der Waals surface area contributed by atoms with E-state index in [1.165, 1.54) is 18.4 Å². The molecule has 0 aliphatic carbocycles. The number of carboxylic acid groups (broad SMARTS) is 1. The largest absolute Gasteiger partial charge is 0.508 e. The molecule has 0 amide bonds. The fourth-order valence-corrected chi connectivity index (χ4v) is 5.83. The molecule has 1 unspecified atom stereocenters. The molecule has 0 saturated heterocycles. The van der Waals surface area contributed by atoms with E-state index < -0.39 is 15.8 Å². The monoisotopic (exact) mass is 670 g/mol. The average Bonchev–Trinajstić information content (AvgIpc) is 3.08. The molecule has 5 aromatic carbocycles. The summed E-state index contributed by atoms with van der Waals surface area (Å²) in [7, 11) is -3.33. The summed E-state index contributed by atoms with van der Waals surface area (Å²) in [6, 6.07) is 29.2. The van der Waals surface area contributed by atoms with Gasteiger partial charge in [0.15, 0.2) is 9.84 Å². The number of fused-ring (bicyclic) bond motifs is 1. The summed E-state index contributed by atoms with van der Waals surface area (Å²) in [5, 5.41) is 20.6. The minimum absolute atomic E-state index is 0.0711. The predicted octanol–water partition coefficient (Wildman–Crippen LogP) is 8.14. The zero-order chi connectivity index (χ0) is 34.1. The van der Waals surface area contributed by atoms with Crippen molar-refractivity contribution in [2.75, 3.05) is 26.1 Å². The van der Waals surface area contributed by atoms with Crippen molar-refractivity contribution < 1.29 is 42.4 Å².